The first-order valence-electron chi connectivity index (χ1n) is 14.8. The Morgan fingerprint density at radius 1 is 0.583 bits per heavy atom. The van der Waals surface area contributed by atoms with Gasteiger partial charge in [-0.3, -0.25) is 0 Å². The van der Waals surface area contributed by atoms with Crippen LogP contribution in [-0.2, 0) is 24.2 Å². The first-order chi connectivity index (χ1) is 22.1. The SMILES string of the molecule is Cc1cc(C=Cc2cc[n+](C)cc2)cc(C)c1O.Cc1cc(C=Cc2cc[n+](C)cc2)cc(C)c1O.Nc1ccc(S(=O)(=O)[O-])cc1.[I-]. The summed E-state index contributed by atoms with van der Waals surface area (Å²) in [6.07, 6.45) is 16.4. The van der Waals surface area contributed by atoms with Crippen LogP contribution in [0.15, 0.2) is 102 Å². The second-order valence-corrected chi connectivity index (χ2v) is 12.7. The Hall–Kier alpha value is -4.52. The second-order valence-electron chi connectivity index (χ2n) is 11.3. The van der Waals surface area contributed by atoms with E-state index in [1.54, 1.807) is 0 Å². The highest BCUT2D eigenvalue weighted by Gasteiger charge is 2.03. The lowest BCUT2D eigenvalue weighted by atomic mass is 10.0. The molecule has 0 aliphatic heterocycles. The third kappa shape index (κ3) is 12.6. The van der Waals surface area contributed by atoms with Crippen LogP contribution < -0.4 is 38.8 Å². The number of phenolic OH excluding ortho intramolecular Hbond substituents is 2. The molecule has 5 aromatic rings. The van der Waals surface area contributed by atoms with E-state index in [1.807, 2.05) is 100.0 Å². The fourth-order valence-corrected chi connectivity index (χ4v) is 4.91. The molecule has 0 aliphatic rings. The van der Waals surface area contributed by atoms with E-state index in [-0.39, 0.29) is 28.9 Å². The molecule has 0 atom stereocenters. The lowest BCUT2D eigenvalue weighted by Gasteiger charge is -2.05. The Morgan fingerprint density at radius 2 is 0.875 bits per heavy atom. The predicted octanol–water partition coefficient (Wildman–Crippen LogP) is 3.18. The van der Waals surface area contributed by atoms with Crippen LogP contribution >= 0.6 is 0 Å². The van der Waals surface area contributed by atoms with Crippen molar-refractivity contribution in [2.45, 2.75) is 32.6 Å². The van der Waals surface area contributed by atoms with Crippen molar-refractivity contribution >= 4 is 40.1 Å². The number of nitrogens with two attached hydrogens (primary N) is 1. The van der Waals surface area contributed by atoms with Gasteiger partial charge in [0.05, 0.1) is 4.90 Å². The molecule has 2 aromatic heterocycles. The van der Waals surface area contributed by atoms with Crippen LogP contribution in [0.1, 0.15) is 44.5 Å². The summed E-state index contributed by atoms with van der Waals surface area (Å²) in [4.78, 5) is -0.258. The van der Waals surface area contributed by atoms with Gasteiger partial charge in [0, 0.05) is 30.0 Å². The van der Waals surface area contributed by atoms with Gasteiger partial charge in [0.2, 0.25) is 0 Å². The average molecular weight is 780 g/mol. The number of hydrogen-bond donors (Lipinski definition) is 3. The van der Waals surface area contributed by atoms with E-state index in [0.717, 1.165) is 44.5 Å². The number of rotatable bonds is 5. The number of aromatic hydroxyl groups is 2. The fraction of sp³-hybridized carbons (Fsp3) is 0.158. The van der Waals surface area contributed by atoms with Crippen molar-refractivity contribution < 1.29 is 56.3 Å². The summed E-state index contributed by atoms with van der Waals surface area (Å²) in [6, 6.07) is 21.3. The summed E-state index contributed by atoms with van der Waals surface area (Å²) in [6.45, 7) is 7.68. The molecule has 0 aliphatic carbocycles. The van der Waals surface area contributed by atoms with E-state index in [4.69, 9.17) is 5.73 Å². The first kappa shape index (κ1) is 39.7. The number of halogens is 1. The lowest BCUT2D eigenvalue weighted by Crippen LogP contribution is -3.00. The van der Waals surface area contributed by atoms with Crippen molar-refractivity contribution in [2.75, 3.05) is 5.73 Å². The third-order valence-electron chi connectivity index (χ3n) is 7.14. The molecule has 3 aromatic carbocycles. The predicted molar refractivity (Wildman–Crippen MR) is 187 cm³/mol. The maximum Gasteiger partial charge on any atom is 0.169 e. The zero-order valence-electron chi connectivity index (χ0n) is 27.9. The van der Waals surface area contributed by atoms with Crippen molar-refractivity contribution in [3.8, 4) is 11.5 Å². The van der Waals surface area contributed by atoms with Crippen LogP contribution in [0.5, 0.6) is 11.5 Å². The Bertz CT molecular complexity index is 1820. The Labute approximate surface area is 301 Å². The van der Waals surface area contributed by atoms with Gasteiger partial charge in [-0.15, -0.1) is 0 Å². The normalized spacial score (nSPS) is 10.9. The molecule has 2 heterocycles. The van der Waals surface area contributed by atoms with Crippen molar-refractivity contribution in [3.05, 3.63) is 142 Å². The molecule has 0 amide bonds. The standard InChI is InChI=1S/2C16H17NO.C6H7NO3S.HI/c2*1-12-10-15(11-13(2)16(12)18)5-4-14-6-8-17(3)9-7-14;7-5-1-3-6(4-2-5)11(8,9)10;/h2*4-11H,1-3H3;1-4H,7H2,(H,8,9,10);1H. The van der Waals surface area contributed by atoms with Gasteiger partial charge in [0.15, 0.2) is 24.8 Å². The van der Waals surface area contributed by atoms with Gasteiger partial charge in [-0.2, -0.15) is 0 Å². The molecule has 0 saturated heterocycles. The summed E-state index contributed by atoms with van der Waals surface area (Å²) in [5.74, 6) is 0.776. The number of pyridine rings is 2. The maximum absolute atomic E-state index is 10.3. The molecule has 5 rings (SSSR count). The highest BCUT2D eigenvalue weighted by molar-refractivity contribution is 7.85. The number of nitrogens with zero attached hydrogens (tertiary/aromatic N) is 2. The lowest BCUT2D eigenvalue weighted by molar-refractivity contribution is -0.671. The monoisotopic (exact) mass is 779 g/mol. The van der Waals surface area contributed by atoms with Gasteiger partial charge in [0.25, 0.3) is 0 Å². The molecule has 48 heavy (non-hydrogen) atoms. The van der Waals surface area contributed by atoms with E-state index in [9.17, 15) is 23.2 Å². The van der Waals surface area contributed by atoms with Gasteiger partial charge < -0.3 is 44.5 Å². The van der Waals surface area contributed by atoms with Crippen LogP contribution in [0, 0.1) is 27.7 Å². The van der Waals surface area contributed by atoms with E-state index in [0.29, 0.717) is 17.2 Å². The Morgan fingerprint density at radius 3 is 1.17 bits per heavy atom. The zero-order valence-corrected chi connectivity index (χ0v) is 30.9. The third-order valence-corrected chi connectivity index (χ3v) is 7.99. The Balaban J connectivity index is 0.000000255. The highest BCUT2D eigenvalue weighted by atomic mass is 127. The van der Waals surface area contributed by atoms with Gasteiger partial charge in [0.1, 0.15) is 35.7 Å². The smallest absolute Gasteiger partial charge is 0.169 e. The molecule has 0 radical (unpaired) electrons. The second kappa shape index (κ2) is 18.1. The molecular weight excluding hydrogens is 737 g/mol. The number of benzene rings is 3. The molecule has 0 spiro atoms. The molecule has 0 bridgehead atoms. The van der Waals surface area contributed by atoms with E-state index in [1.165, 1.54) is 24.3 Å². The fourth-order valence-electron chi connectivity index (χ4n) is 4.44. The molecule has 10 heteroatoms. The minimum atomic E-state index is -4.33. The Kier molecular flexibility index (Phi) is 15.0. The van der Waals surface area contributed by atoms with Crippen LogP contribution in [0.25, 0.3) is 24.3 Å². The van der Waals surface area contributed by atoms with Gasteiger partial charge >= 0.3 is 0 Å². The van der Waals surface area contributed by atoms with Crippen molar-refractivity contribution in [2.24, 2.45) is 14.1 Å². The van der Waals surface area contributed by atoms with Crippen molar-refractivity contribution in [1.82, 2.24) is 0 Å². The summed E-state index contributed by atoms with van der Waals surface area (Å²) >= 11 is 0. The molecule has 4 N–H and O–H groups in total. The maximum atomic E-state index is 10.3. The molecule has 0 unspecified atom stereocenters. The zero-order chi connectivity index (χ0) is 34.7. The number of aromatic nitrogens is 2. The molecule has 0 fully saturated rings. The van der Waals surface area contributed by atoms with Crippen LogP contribution in [0.3, 0.4) is 0 Å². The van der Waals surface area contributed by atoms with E-state index in [2.05, 4.69) is 48.6 Å². The summed E-state index contributed by atoms with van der Waals surface area (Å²) in [7, 11) is -0.325. The van der Waals surface area contributed by atoms with Gasteiger partial charge in [-0.25, -0.2) is 17.6 Å². The summed E-state index contributed by atoms with van der Waals surface area (Å²) in [5.41, 5.74) is 13.9. The van der Waals surface area contributed by atoms with Gasteiger partial charge in [-0.05, 0) is 121 Å². The molecule has 8 nitrogen and oxygen atoms in total. The van der Waals surface area contributed by atoms with Crippen LogP contribution in [-0.4, -0.2) is 23.2 Å². The quantitative estimate of drug-likeness (QED) is 0.109. The van der Waals surface area contributed by atoms with Crippen molar-refractivity contribution in [3.63, 3.8) is 0 Å². The summed E-state index contributed by atoms with van der Waals surface area (Å²) in [5, 5.41) is 19.4. The van der Waals surface area contributed by atoms with E-state index < -0.39 is 10.1 Å². The molecule has 0 saturated carbocycles. The number of phenols is 2. The van der Waals surface area contributed by atoms with Gasteiger partial charge in [-0.1, -0.05) is 24.3 Å². The van der Waals surface area contributed by atoms with E-state index >= 15 is 0 Å². The number of hydrogen-bond acceptors (Lipinski definition) is 6. The number of nitrogen functional groups attached to an aromatic ring is 1. The average Bonchev–Trinajstić information content (AvgIpc) is 3.02. The van der Waals surface area contributed by atoms with Crippen LogP contribution in [0.4, 0.5) is 5.69 Å². The highest BCUT2D eigenvalue weighted by Crippen LogP contribution is 2.25. The topological polar surface area (TPSA) is 131 Å². The first-order valence-corrected chi connectivity index (χ1v) is 16.2. The largest absolute Gasteiger partial charge is 1.00 e. The molecule has 252 valence electrons. The minimum Gasteiger partial charge on any atom is -1.00 e. The minimum absolute atomic E-state index is 0. The molecular formula is C38H42IN3O5S. The van der Waals surface area contributed by atoms with Crippen LogP contribution in [0.2, 0.25) is 0 Å². The van der Waals surface area contributed by atoms with Crippen molar-refractivity contribution in [1.29, 1.82) is 0 Å². The number of aryl methyl sites for hydroxylation is 6. The summed E-state index contributed by atoms with van der Waals surface area (Å²) < 4.78 is 35.1. The number of anilines is 1.